The lowest BCUT2D eigenvalue weighted by atomic mass is 9.68. The zero-order valence-corrected chi connectivity index (χ0v) is 15.4. The van der Waals surface area contributed by atoms with E-state index in [0.29, 0.717) is 11.1 Å². The van der Waals surface area contributed by atoms with Gasteiger partial charge in [-0.25, -0.2) is 0 Å². The number of carbonyl (C=O) groups is 2. The van der Waals surface area contributed by atoms with Crippen molar-refractivity contribution < 1.29 is 14.3 Å². The van der Waals surface area contributed by atoms with E-state index in [1.54, 1.807) is 0 Å². The molecule has 0 radical (unpaired) electrons. The summed E-state index contributed by atoms with van der Waals surface area (Å²) in [6, 6.07) is 14.9. The maximum atomic E-state index is 13.0. The summed E-state index contributed by atoms with van der Waals surface area (Å²) in [5.41, 5.74) is 1.16. The highest BCUT2D eigenvalue weighted by Crippen LogP contribution is 2.48. The van der Waals surface area contributed by atoms with Crippen LogP contribution in [-0.4, -0.2) is 11.8 Å². The van der Waals surface area contributed by atoms with Gasteiger partial charge in [0.05, 0.1) is 5.41 Å². The van der Waals surface area contributed by atoms with Crippen LogP contribution in [0.5, 0.6) is 0 Å². The minimum Gasteiger partial charge on any atom is -0.448 e. The fourth-order valence-corrected chi connectivity index (χ4v) is 3.45. The lowest BCUT2D eigenvalue weighted by molar-refractivity contribution is -0.171. The largest absolute Gasteiger partial charge is 0.448 e. The molecule has 130 valence electrons. The summed E-state index contributed by atoms with van der Waals surface area (Å²) >= 11 is 0. The van der Waals surface area contributed by atoms with Crippen molar-refractivity contribution in [2.75, 3.05) is 0 Å². The Labute approximate surface area is 149 Å². The summed E-state index contributed by atoms with van der Waals surface area (Å²) in [6.07, 6.45) is 0. The van der Waals surface area contributed by atoms with Gasteiger partial charge in [-0.3, -0.25) is 9.59 Å². The van der Waals surface area contributed by atoms with Gasteiger partial charge < -0.3 is 4.74 Å². The van der Waals surface area contributed by atoms with Crippen LogP contribution in [0.15, 0.2) is 48.5 Å². The number of ketones is 1. The second-order valence-corrected chi connectivity index (χ2v) is 7.95. The van der Waals surface area contributed by atoms with Crippen molar-refractivity contribution in [3.63, 3.8) is 0 Å². The molecule has 3 heteroatoms. The first kappa shape index (κ1) is 17.4. The van der Waals surface area contributed by atoms with Crippen molar-refractivity contribution in [3.8, 4) is 0 Å². The van der Waals surface area contributed by atoms with E-state index in [1.165, 1.54) is 0 Å². The molecular weight excluding hydrogens is 312 g/mol. The number of hydrogen-bond acceptors (Lipinski definition) is 3. The van der Waals surface area contributed by atoms with Crippen LogP contribution in [0.25, 0.3) is 0 Å². The van der Waals surface area contributed by atoms with Crippen molar-refractivity contribution >= 4 is 11.8 Å². The topological polar surface area (TPSA) is 43.4 Å². The Morgan fingerprint density at radius 1 is 0.920 bits per heavy atom. The summed E-state index contributed by atoms with van der Waals surface area (Å²) in [5, 5.41) is 0. The van der Waals surface area contributed by atoms with Crippen LogP contribution in [0.2, 0.25) is 0 Å². The summed E-state index contributed by atoms with van der Waals surface area (Å²) in [6.45, 7) is 9.58. The van der Waals surface area contributed by atoms with Crippen molar-refractivity contribution in [2.24, 2.45) is 11.3 Å². The average molecular weight is 336 g/mol. The van der Waals surface area contributed by atoms with E-state index in [2.05, 4.69) is 0 Å². The van der Waals surface area contributed by atoms with Crippen LogP contribution in [0.3, 0.4) is 0 Å². The lowest BCUT2D eigenvalue weighted by Crippen LogP contribution is -2.46. The number of fused-ring (bicyclic) bond motifs is 2. The van der Waals surface area contributed by atoms with E-state index < -0.39 is 11.0 Å². The SMILES string of the molecule is CC(C)C1(OC(=O)C(C)(C)C)c2ccccc2C(=O)c2ccccc21. The van der Waals surface area contributed by atoms with Gasteiger partial charge in [-0.05, 0) is 20.8 Å². The molecule has 1 aliphatic rings. The molecular formula is C22H24O3. The first-order valence-corrected chi connectivity index (χ1v) is 8.66. The van der Waals surface area contributed by atoms with Gasteiger partial charge in [0.25, 0.3) is 0 Å². The average Bonchev–Trinajstić information content (AvgIpc) is 2.57. The third-order valence-electron chi connectivity index (χ3n) is 4.82. The molecule has 3 nitrogen and oxygen atoms in total. The van der Waals surface area contributed by atoms with E-state index in [4.69, 9.17) is 4.74 Å². The van der Waals surface area contributed by atoms with Crippen LogP contribution >= 0.6 is 0 Å². The second-order valence-electron chi connectivity index (χ2n) is 7.95. The van der Waals surface area contributed by atoms with Gasteiger partial charge in [-0.1, -0.05) is 62.4 Å². The monoisotopic (exact) mass is 336 g/mol. The molecule has 0 fully saturated rings. The van der Waals surface area contributed by atoms with Crippen molar-refractivity contribution in [2.45, 2.75) is 40.2 Å². The summed E-state index contributed by atoms with van der Waals surface area (Å²) in [7, 11) is 0. The molecule has 0 saturated carbocycles. The Bertz CT molecular complexity index is 791. The first-order chi connectivity index (χ1) is 11.7. The molecule has 3 rings (SSSR count). The van der Waals surface area contributed by atoms with Crippen LogP contribution in [0.1, 0.15) is 61.7 Å². The van der Waals surface area contributed by atoms with Gasteiger partial charge in [0.1, 0.15) is 0 Å². The Hall–Kier alpha value is -2.42. The molecule has 0 spiro atoms. The van der Waals surface area contributed by atoms with E-state index >= 15 is 0 Å². The van der Waals surface area contributed by atoms with Crippen molar-refractivity contribution in [1.82, 2.24) is 0 Å². The fourth-order valence-electron chi connectivity index (χ4n) is 3.45. The maximum absolute atomic E-state index is 13.0. The molecule has 0 amide bonds. The number of ether oxygens (including phenoxy) is 1. The van der Waals surface area contributed by atoms with E-state index in [-0.39, 0.29) is 17.7 Å². The quantitative estimate of drug-likeness (QED) is 0.745. The summed E-state index contributed by atoms with van der Waals surface area (Å²) in [4.78, 5) is 25.8. The van der Waals surface area contributed by atoms with Crippen LogP contribution in [0.4, 0.5) is 0 Å². The Morgan fingerprint density at radius 2 is 1.36 bits per heavy atom. The number of hydrogen-bond donors (Lipinski definition) is 0. The third kappa shape index (κ3) is 2.58. The molecule has 2 aromatic carbocycles. The zero-order valence-electron chi connectivity index (χ0n) is 15.4. The summed E-state index contributed by atoms with van der Waals surface area (Å²) in [5.74, 6) is -0.330. The minimum absolute atomic E-state index is 0.0192. The summed E-state index contributed by atoms with van der Waals surface area (Å²) < 4.78 is 6.21. The Balaban J connectivity index is 2.33. The van der Waals surface area contributed by atoms with E-state index in [9.17, 15) is 9.59 Å². The number of benzene rings is 2. The highest BCUT2D eigenvalue weighted by molar-refractivity contribution is 6.13. The molecule has 2 aromatic rings. The second kappa shape index (κ2) is 5.83. The van der Waals surface area contributed by atoms with E-state index in [0.717, 1.165) is 11.1 Å². The maximum Gasteiger partial charge on any atom is 0.312 e. The molecule has 0 bridgehead atoms. The van der Waals surface area contributed by atoms with Gasteiger partial charge in [-0.2, -0.15) is 0 Å². The number of rotatable bonds is 2. The minimum atomic E-state index is -0.967. The molecule has 0 heterocycles. The van der Waals surface area contributed by atoms with Gasteiger partial charge in [0.2, 0.25) is 0 Å². The first-order valence-electron chi connectivity index (χ1n) is 8.66. The smallest absolute Gasteiger partial charge is 0.312 e. The molecule has 0 unspecified atom stereocenters. The van der Waals surface area contributed by atoms with Crippen molar-refractivity contribution in [1.29, 1.82) is 0 Å². The predicted molar refractivity (Wildman–Crippen MR) is 97.5 cm³/mol. The van der Waals surface area contributed by atoms with Gasteiger partial charge in [0.15, 0.2) is 11.4 Å². The molecule has 25 heavy (non-hydrogen) atoms. The molecule has 0 aromatic heterocycles. The third-order valence-corrected chi connectivity index (χ3v) is 4.82. The van der Waals surface area contributed by atoms with E-state index in [1.807, 2.05) is 83.1 Å². The van der Waals surface area contributed by atoms with Gasteiger partial charge in [0, 0.05) is 28.2 Å². The van der Waals surface area contributed by atoms with Gasteiger partial charge in [-0.15, -0.1) is 0 Å². The predicted octanol–water partition coefficient (Wildman–Crippen LogP) is 4.72. The van der Waals surface area contributed by atoms with Gasteiger partial charge >= 0.3 is 5.97 Å². The molecule has 0 atom stereocenters. The van der Waals surface area contributed by atoms with Crippen LogP contribution in [0, 0.1) is 11.3 Å². The molecule has 0 saturated heterocycles. The Morgan fingerprint density at radius 3 is 1.76 bits per heavy atom. The molecule has 0 aliphatic heterocycles. The highest BCUT2D eigenvalue weighted by Gasteiger charge is 2.50. The van der Waals surface area contributed by atoms with Crippen LogP contribution in [-0.2, 0) is 15.1 Å². The molecule has 0 N–H and O–H groups in total. The highest BCUT2D eigenvalue weighted by atomic mass is 16.6. The van der Waals surface area contributed by atoms with Crippen molar-refractivity contribution in [3.05, 3.63) is 70.8 Å². The zero-order chi connectivity index (χ0) is 18.4. The number of carbonyl (C=O) groups excluding carboxylic acids is 2. The van der Waals surface area contributed by atoms with Crippen LogP contribution < -0.4 is 0 Å². The lowest BCUT2D eigenvalue weighted by Gasteiger charge is -2.43. The normalized spacial score (nSPS) is 15.5. The fraction of sp³-hybridized carbons (Fsp3) is 0.364. The Kier molecular flexibility index (Phi) is 4.06. The standard InChI is InChI=1S/C22H24O3/c1-14(2)22(25-20(24)21(3,4)5)17-12-8-6-10-15(17)19(23)16-11-7-9-13-18(16)22/h6-14H,1-5H3. The number of esters is 1. The molecule has 1 aliphatic carbocycles.